The van der Waals surface area contributed by atoms with Gasteiger partial charge in [0.2, 0.25) is 0 Å². The SMILES string of the molecule is CCCn1nc(C(=O)OCC(=O)N2c3ccccc3CCc3ccccc32)c2ccccc2c1=O. The van der Waals surface area contributed by atoms with Crippen LogP contribution in [0.4, 0.5) is 11.4 Å². The molecule has 0 spiro atoms. The number of benzene rings is 3. The molecule has 1 aromatic heterocycles. The lowest BCUT2D eigenvalue weighted by atomic mass is 10.0. The predicted octanol–water partition coefficient (Wildman–Crippen LogP) is 4.43. The van der Waals surface area contributed by atoms with Crippen LogP contribution < -0.4 is 10.5 Å². The van der Waals surface area contributed by atoms with E-state index in [1.165, 1.54) is 4.68 Å². The summed E-state index contributed by atoms with van der Waals surface area (Å²) >= 11 is 0. The van der Waals surface area contributed by atoms with Gasteiger partial charge in [0.15, 0.2) is 12.3 Å². The first-order valence-corrected chi connectivity index (χ1v) is 11.7. The molecule has 0 fully saturated rings. The fourth-order valence-corrected chi connectivity index (χ4v) is 4.56. The molecule has 0 saturated heterocycles. The Balaban J connectivity index is 1.46. The maximum absolute atomic E-state index is 13.5. The number of esters is 1. The van der Waals surface area contributed by atoms with Gasteiger partial charge >= 0.3 is 5.97 Å². The Hall–Kier alpha value is -4.26. The van der Waals surface area contributed by atoms with E-state index in [1.807, 2.05) is 55.5 Å². The molecule has 0 bridgehead atoms. The third-order valence-electron chi connectivity index (χ3n) is 6.20. The molecule has 0 radical (unpaired) electrons. The third-order valence-corrected chi connectivity index (χ3v) is 6.20. The van der Waals surface area contributed by atoms with E-state index in [-0.39, 0.29) is 17.2 Å². The Labute approximate surface area is 202 Å². The molecular formula is C28H25N3O4. The number of hydrogen-bond acceptors (Lipinski definition) is 5. The molecule has 4 aromatic rings. The van der Waals surface area contributed by atoms with Crippen molar-refractivity contribution in [2.75, 3.05) is 11.5 Å². The van der Waals surface area contributed by atoms with Crippen LogP contribution in [0.2, 0.25) is 0 Å². The molecule has 0 saturated carbocycles. The summed E-state index contributed by atoms with van der Waals surface area (Å²) in [6.45, 7) is 1.85. The Morgan fingerprint density at radius 1 is 0.857 bits per heavy atom. The minimum Gasteiger partial charge on any atom is -0.451 e. The molecule has 7 heteroatoms. The molecule has 0 atom stereocenters. The first kappa shape index (κ1) is 22.5. The Bertz CT molecular complexity index is 1440. The number of nitrogens with zero attached hydrogens (tertiary/aromatic N) is 3. The van der Waals surface area contributed by atoms with E-state index in [1.54, 1.807) is 29.2 Å². The summed E-state index contributed by atoms with van der Waals surface area (Å²) in [5.41, 5.74) is 3.47. The van der Waals surface area contributed by atoms with E-state index in [9.17, 15) is 14.4 Å². The average molecular weight is 468 g/mol. The van der Waals surface area contributed by atoms with E-state index in [0.717, 1.165) is 35.3 Å². The molecule has 1 aliphatic heterocycles. The maximum atomic E-state index is 13.5. The van der Waals surface area contributed by atoms with E-state index in [0.29, 0.717) is 23.7 Å². The van der Waals surface area contributed by atoms with E-state index in [2.05, 4.69) is 5.10 Å². The van der Waals surface area contributed by atoms with Crippen molar-refractivity contribution in [2.24, 2.45) is 0 Å². The fraction of sp³-hybridized carbons (Fsp3) is 0.214. The zero-order valence-electron chi connectivity index (χ0n) is 19.4. The third kappa shape index (κ3) is 4.21. The highest BCUT2D eigenvalue weighted by atomic mass is 16.5. The van der Waals surface area contributed by atoms with Gasteiger partial charge in [-0.1, -0.05) is 61.5 Å². The highest BCUT2D eigenvalue weighted by Gasteiger charge is 2.27. The molecule has 1 aliphatic rings. The first-order valence-electron chi connectivity index (χ1n) is 11.7. The molecule has 7 nitrogen and oxygen atoms in total. The summed E-state index contributed by atoms with van der Waals surface area (Å²) in [5, 5.41) is 5.08. The molecule has 3 aromatic carbocycles. The van der Waals surface area contributed by atoms with Gasteiger partial charge in [0.05, 0.1) is 16.8 Å². The highest BCUT2D eigenvalue weighted by Crippen LogP contribution is 2.36. The summed E-state index contributed by atoms with van der Waals surface area (Å²) in [7, 11) is 0. The van der Waals surface area contributed by atoms with Gasteiger partial charge in [-0.25, -0.2) is 9.48 Å². The second kappa shape index (κ2) is 9.54. The molecule has 0 N–H and O–H groups in total. The number of carbonyl (C=O) groups excluding carboxylic acids is 2. The van der Waals surface area contributed by atoms with Gasteiger partial charge in [-0.05, 0) is 48.6 Å². The van der Waals surface area contributed by atoms with Crippen LogP contribution in [-0.4, -0.2) is 28.3 Å². The Kier molecular flexibility index (Phi) is 6.14. The van der Waals surface area contributed by atoms with Gasteiger partial charge in [-0.3, -0.25) is 14.5 Å². The first-order chi connectivity index (χ1) is 17.1. The van der Waals surface area contributed by atoms with Crippen molar-refractivity contribution in [1.29, 1.82) is 0 Å². The van der Waals surface area contributed by atoms with Crippen LogP contribution in [0.5, 0.6) is 0 Å². The number of amides is 1. The van der Waals surface area contributed by atoms with Crippen LogP contribution in [0.1, 0.15) is 35.0 Å². The summed E-state index contributed by atoms with van der Waals surface area (Å²) in [4.78, 5) is 40.9. The van der Waals surface area contributed by atoms with Crippen LogP contribution in [0, 0.1) is 0 Å². The lowest BCUT2D eigenvalue weighted by Gasteiger charge is -2.24. The van der Waals surface area contributed by atoms with Crippen LogP contribution in [0.3, 0.4) is 0 Å². The predicted molar refractivity (Wildman–Crippen MR) is 134 cm³/mol. The number of ether oxygens (including phenoxy) is 1. The zero-order chi connectivity index (χ0) is 24.4. The van der Waals surface area contributed by atoms with Crippen molar-refractivity contribution < 1.29 is 14.3 Å². The summed E-state index contributed by atoms with van der Waals surface area (Å²) in [6, 6.07) is 22.4. The normalized spacial score (nSPS) is 12.5. The van der Waals surface area contributed by atoms with Gasteiger partial charge in [0.25, 0.3) is 11.5 Å². The number of aryl methyl sites for hydroxylation is 3. The van der Waals surface area contributed by atoms with Gasteiger partial charge in [-0.15, -0.1) is 0 Å². The van der Waals surface area contributed by atoms with Crippen molar-refractivity contribution in [2.45, 2.75) is 32.7 Å². The number of aromatic nitrogens is 2. The van der Waals surface area contributed by atoms with Gasteiger partial charge in [0.1, 0.15) is 0 Å². The Morgan fingerprint density at radius 3 is 2.06 bits per heavy atom. The van der Waals surface area contributed by atoms with Gasteiger partial charge in [-0.2, -0.15) is 5.10 Å². The van der Waals surface area contributed by atoms with Crippen LogP contribution in [-0.2, 0) is 28.9 Å². The fourth-order valence-electron chi connectivity index (χ4n) is 4.56. The van der Waals surface area contributed by atoms with E-state index >= 15 is 0 Å². The second-order valence-electron chi connectivity index (χ2n) is 8.49. The van der Waals surface area contributed by atoms with Crippen molar-refractivity contribution in [3.8, 4) is 0 Å². The number of fused-ring (bicyclic) bond motifs is 3. The van der Waals surface area contributed by atoms with E-state index in [4.69, 9.17) is 4.74 Å². The highest BCUT2D eigenvalue weighted by molar-refractivity contribution is 6.06. The van der Waals surface area contributed by atoms with Crippen molar-refractivity contribution >= 4 is 34.0 Å². The second-order valence-corrected chi connectivity index (χ2v) is 8.49. The number of rotatable bonds is 5. The van der Waals surface area contributed by atoms with Crippen LogP contribution in [0.15, 0.2) is 77.6 Å². The molecule has 0 aliphatic carbocycles. The maximum Gasteiger partial charge on any atom is 0.359 e. The molecule has 176 valence electrons. The van der Waals surface area contributed by atoms with Crippen molar-refractivity contribution in [1.82, 2.24) is 9.78 Å². The van der Waals surface area contributed by atoms with Crippen molar-refractivity contribution in [3.05, 3.63) is 100.0 Å². The van der Waals surface area contributed by atoms with Crippen molar-refractivity contribution in [3.63, 3.8) is 0 Å². The van der Waals surface area contributed by atoms with E-state index < -0.39 is 12.6 Å². The minimum absolute atomic E-state index is 0.0260. The molecule has 0 unspecified atom stereocenters. The lowest BCUT2D eigenvalue weighted by molar-refractivity contribution is -0.121. The monoisotopic (exact) mass is 467 g/mol. The minimum atomic E-state index is -0.740. The topological polar surface area (TPSA) is 81.5 Å². The van der Waals surface area contributed by atoms with Crippen LogP contribution >= 0.6 is 0 Å². The van der Waals surface area contributed by atoms with Gasteiger partial charge in [0, 0.05) is 11.9 Å². The zero-order valence-corrected chi connectivity index (χ0v) is 19.4. The quantitative estimate of drug-likeness (QED) is 0.406. The summed E-state index contributed by atoms with van der Waals surface area (Å²) in [5.74, 6) is -1.10. The number of hydrogen-bond donors (Lipinski definition) is 0. The average Bonchev–Trinajstić information content (AvgIpc) is 3.06. The van der Waals surface area contributed by atoms with Crippen LogP contribution in [0.25, 0.3) is 10.8 Å². The lowest BCUT2D eigenvalue weighted by Crippen LogP contribution is -2.32. The number of anilines is 2. The smallest absolute Gasteiger partial charge is 0.359 e. The number of carbonyl (C=O) groups is 2. The largest absolute Gasteiger partial charge is 0.451 e. The molecule has 2 heterocycles. The summed E-state index contributed by atoms with van der Waals surface area (Å²) in [6.07, 6.45) is 2.31. The molecule has 1 amide bonds. The number of para-hydroxylation sites is 2. The molecular weight excluding hydrogens is 442 g/mol. The standard InChI is InChI=1S/C28H25N3O4/c1-2-17-30-27(33)22-12-6-5-11-21(22)26(29-30)28(34)35-18-25(32)31-23-13-7-3-9-19(23)15-16-20-10-4-8-14-24(20)31/h3-14H,2,15-18H2,1H3. The molecule has 5 rings (SSSR count). The molecule has 35 heavy (non-hydrogen) atoms. The van der Waals surface area contributed by atoms with Gasteiger partial charge < -0.3 is 4.74 Å². The summed E-state index contributed by atoms with van der Waals surface area (Å²) < 4.78 is 6.77. The Morgan fingerprint density at radius 2 is 1.43 bits per heavy atom.